The number of nitrogens with zero attached hydrogens (tertiary/aromatic N) is 2. The molecule has 0 N–H and O–H groups in total. The molecule has 23 heavy (non-hydrogen) atoms. The molecule has 0 saturated carbocycles. The third kappa shape index (κ3) is 3.69. The first-order valence-electron chi connectivity index (χ1n) is 7.41. The highest BCUT2D eigenvalue weighted by Crippen LogP contribution is 2.20. The molecule has 1 aliphatic rings. The first-order chi connectivity index (χ1) is 11.1. The third-order valence-corrected chi connectivity index (χ3v) is 3.80. The first kappa shape index (κ1) is 15.5. The highest BCUT2D eigenvalue weighted by Gasteiger charge is 2.33. The van der Waals surface area contributed by atoms with E-state index in [2.05, 4.69) is 0 Å². The Morgan fingerprint density at radius 2 is 1.91 bits per heavy atom. The fourth-order valence-corrected chi connectivity index (χ4v) is 2.57. The summed E-state index contributed by atoms with van der Waals surface area (Å²) in [4.78, 5) is 12.3. The maximum atomic E-state index is 10.7. The molecule has 0 bridgehead atoms. The average Bonchev–Trinajstić information content (AvgIpc) is 3.04. The van der Waals surface area contributed by atoms with E-state index in [9.17, 15) is 10.1 Å². The molecule has 1 unspecified atom stereocenters. The predicted molar refractivity (Wildman–Crippen MR) is 89.0 cm³/mol. The summed E-state index contributed by atoms with van der Waals surface area (Å²) in [5, 5.41) is 10.7. The Hall–Kier alpha value is -2.38. The number of benzene rings is 2. The van der Waals surface area contributed by atoms with Crippen molar-refractivity contribution < 1.29 is 14.2 Å². The molecule has 1 atom stereocenters. The summed E-state index contributed by atoms with van der Waals surface area (Å²) in [5.74, 6) is 0. The van der Waals surface area contributed by atoms with Gasteiger partial charge in [0.15, 0.2) is 0 Å². The van der Waals surface area contributed by atoms with Gasteiger partial charge in [-0.05, 0) is 17.6 Å². The molecule has 2 aromatic rings. The average molecular weight is 312 g/mol. The Balaban J connectivity index is 1.58. The van der Waals surface area contributed by atoms with Crippen molar-refractivity contribution in [2.45, 2.75) is 6.10 Å². The Kier molecular flexibility index (Phi) is 4.59. The zero-order valence-corrected chi connectivity index (χ0v) is 12.8. The molecule has 1 aliphatic heterocycles. The summed E-state index contributed by atoms with van der Waals surface area (Å²) in [6.07, 6.45) is -0.0413. The lowest BCUT2D eigenvalue weighted by molar-refractivity contribution is -0.384. The van der Waals surface area contributed by atoms with Crippen LogP contribution < -0.4 is 10.4 Å². The molecule has 0 aromatic heterocycles. The predicted octanol–water partition coefficient (Wildman–Crippen LogP) is 1.84. The van der Waals surface area contributed by atoms with Gasteiger partial charge in [0.25, 0.3) is 5.69 Å². The number of hydrogen-bond acceptors (Lipinski definition) is 5. The Labute approximate surface area is 134 Å². The number of non-ortho nitro benzene ring substituents is 1. The van der Waals surface area contributed by atoms with Crippen molar-refractivity contribution in [3.63, 3.8) is 0 Å². The van der Waals surface area contributed by atoms with Gasteiger partial charge in [-0.15, -0.1) is 0 Å². The van der Waals surface area contributed by atoms with Crippen LogP contribution in [0.5, 0.6) is 0 Å². The quantitative estimate of drug-likeness (QED) is 0.479. The lowest BCUT2D eigenvalue weighted by atomic mass is 9.79. The fourth-order valence-electron chi connectivity index (χ4n) is 2.57. The lowest BCUT2D eigenvalue weighted by Crippen LogP contribution is -2.35. The van der Waals surface area contributed by atoms with E-state index in [1.54, 1.807) is 12.1 Å². The highest BCUT2D eigenvalue weighted by molar-refractivity contribution is 6.61. The van der Waals surface area contributed by atoms with E-state index in [1.807, 2.05) is 42.3 Å². The Bertz CT molecular complexity index is 666. The maximum Gasteiger partial charge on any atom is 0.494 e. The van der Waals surface area contributed by atoms with E-state index in [4.69, 9.17) is 9.31 Å². The van der Waals surface area contributed by atoms with E-state index >= 15 is 0 Å². The van der Waals surface area contributed by atoms with Gasteiger partial charge in [-0.25, -0.2) is 0 Å². The Morgan fingerprint density at radius 1 is 1.22 bits per heavy atom. The standard InChI is InChI=1S/C16H17BN2O4/c1-18(14-7-9-15(10-8-14)19(20)21)11-16-12-22-17(23-16)13-5-3-2-4-6-13/h2-10,16H,11-12H2,1H3. The molecule has 0 aliphatic carbocycles. The molecule has 0 amide bonds. The SMILES string of the molecule is CN(CC1COB(c2ccccc2)O1)c1ccc([N+](=O)[O-])cc1. The van der Waals surface area contributed by atoms with Crippen LogP contribution in [0.4, 0.5) is 11.4 Å². The number of nitro benzene ring substituents is 1. The van der Waals surface area contributed by atoms with E-state index in [1.165, 1.54) is 12.1 Å². The third-order valence-electron chi connectivity index (χ3n) is 3.80. The number of nitro groups is 1. The summed E-state index contributed by atoms with van der Waals surface area (Å²) >= 11 is 0. The van der Waals surface area contributed by atoms with Gasteiger partial charge in [0.1, 0.15) is 0 Å². The van der Waals surface area contributed by atoms with Crippen LogP contribution in [-0.4, -0.2) is 38.3 Å². The van der Waals surface area contributed by atoms with Crippen LogP contribution in [0.25, 0.3) is 0 Å². The van der Waals surface area contributed by atoms with Crippen molar-refractivity contribution in [2.75, 3.05) is 25.1 Å². The van der Waals surface area contributed by atoms with Gasteiger partial charge in [-0.3, -0.25) is 10.1 Å². The molecule has 2 aromatic carbocycles. The summed E-state index contributed by atoms with van der Waals surface area (Å²) in [5.41, 5.74) is 2.00. The lowest BCUT2D eigenvalue weighted by Gasteiger charge is -2.22. The van der Waals surface area contributed by atoms with E-state index in [0.717, 1.165) is 11.2 Å². The van der Waals surface area contributed by atoms with Gasteiger partial charge in [0.05, 0.1) is 17.6 Å². The topological polar surface area (TPSA) is 64.8 Å². The number of anilines is 1. The van der Waals surface area contributed by atoms with Gasteiger partial charge < -0.3 is 14.2 Å². The van der Waals surface area contributed by atoms with E-state index in [0.29, 0.717) is 13.2 Å². The van der Waals surface area contributed by atoms with Crippen LogP contribution in [0.15, 0.2) is 54.6 Å². The molecular weight excluding hydrogens is 295 g/mol. The summed E-state index contributed by atoms with van der Waals surface area (Å²) in [7, 11) is 1.60. The van der Waals surface area contributed by atoms with Crippen LogP contribution in [0.1, 0.15) is 0 Å². The Morgan fingerprint density at radius 3 is 2.57 bits per heavy atom. The molecule has 0 radical (unpaired) electrons. The number of rotatable bonds is 5. The van der Waals surface area contributed by atoms with Crippen LogP contribution in [0.2, 0.25) is 0 Å². The normalized spacial score (nSPS) is 17.3. The largest absolute Gasteiger partial charge is 0.494 e. The van der Waals surface area contributed by atoms with Crippen molar-refractivity contribution >= 4 is 24.0 Å². The van der Waals surface area contributed by atoms with Gasteiger partial charge >= 0.3 is 7.12 Å². The van der Waals surface area contributed by atoms with Crippen LogP contribution in [-0.2, 0) is 9.31 Å². The monoisotopic (exact) mass is 312 g/mol. The number of hydrogen-bond donors (Lipinski definition) is 0. The fraction of sp³-hybridized carbons (Fsp3) is 0.250. The van der Waals surface area contributed by atoms with Gasteiger partial charge in [0.2, 0.25) is 0 Å². The van der Waals surface area contributed by atoms with Crippen molar-refractivity contribution in [1.29, 1.82) is 0 Å². The minimum Gasteiger partial charge on any atom is -0.405 e. The minimum absolute atomic E-state index is 0.0413. The maximum absolute atomic E-state index is 10.7. The molecule has 1 saturated heterocycles. The second kappa shape index (κ2) is 6.81. The molecule has 1 fully saturated rings. The smallest absolute Gasteiger partial charge is 0.405 e. The van der Waals surface area contributed by atoms with Crippen LogP contribution >= 0.6 is 0 Å². The van der Waals surface area contributed by atoms with Gasteiger partial charge in [-0.1, -0.05) is 30.3 Å². The summed E-state index contributed by atoms with van der Waals surface area (Å²) in [6, 6.07) is 16.3. The van der Waals surface area contributed by atoms with Crippen molar-refractivity contribution in [1.82, 2.24) is 0 Å². The summed E-state index contributed by atoms with van der Waals surface area (Å²) in [6.45, 7) is 1.18. The van der Waals surface area contributed by atoms with E-state index in [-0.39, 0.29) is 18.9 Å². The molecule has 118 valence electrons. The highest BCUT2D eigenvalue weighted by atomic mass is 16.6. The van der Waals surface area contributed by atoms with Gasteiger partial charge in [-0.2, -0.15) is 0 Å². The minimum atomic E-state index is -0.401. The van der Waals surface area contributed by atoms with E-state index < -0.39 is 4.92 Å². The van der Waals surface area contributed by atoms with Crippen molar-refractivity contribution in [3.05, 3.63) is 64.7 Å². The summed E-state index contributed by atoms with van der Waals surface area (Å²) < 4.78 is 11.6. The van der Waals surface area contributed by atoms with Crippen LogP contribution in [0, 0.1) is 10.1 Å². The van der Waals surface area contributed by atoms with Crippen LogP contribution in [0.3, 0.4) is 0 Å². The second-order valence-corrected chi connectivity index (χ2v) is 5.49. The van der Waals surface area contributed by atoms with Crippen molar-refractivity contribution in [2.24, 2.45) is 0 Å². The molecule has 3 rings (SSSR count). The molecule has 0 spiro atoms. The second-order valence-electron chi connectivity index (χ2n) is 5.49. The molecule has 7 heteroatoms. The molecular formula is C16H17BN2O4. The molecule has 1 heterocycles. The number of likely N-dealkylation sites (N-methyl/N-ethyl adjacent to an activating group) is 1. The first-order valence-corrected chi connectivity index (χ1v) is 7.41. The van der Waals surface area contributed by atoms with Crippen molar-refractivity contribution in [3.8, 4) is 0 Å². The van der Waals surface area contributed by atoms with Gasteiger partial charge in [0, 0.05) is 31.4 Å². The molecule has 6 nitrogen and oxygen atoms in total. The zero-order valence-electron chi connectivity index (χ0n) is 12.8. The zero-order chi connectivity index (χ0) is 16.2.